The van der Waals surface area contributed by atoms with Gasteiger partial charge in [-0.15, -0.1) is 12.4 Å². The predicted molar refractivity (Wildman–Crippen MR) is 79.6 cm³/mol. The molecule has 1 aliphatic rings. The van der Waals surface area contributed by atoms with Crippen LogP contribution in [0.15, 0.2) is 22.7 Å². The highest BCUT2D eigenvalue weighted by atomic mass is 79.9. The van der Waals surface area contributed by atoms with E-state index >= 15 is 0 Å². The lowest BCUT2D eigenvalue weighted by atomic mass is 10.1. The first-order chi connectivity index (χ1) is 8.22. The smallest absolute Gasteiger partial charge is 0.109 e. The minimum Gasteiger partial charge on any atom is -0.314 e. The van der Waals surface area contributed by atoms with Gasteiger partial charge in [0.25, 0.3) is 0 Å². The Kier molecular flexibility index (Phi) is 6.88. The van der Waals surface area contributed by atoms with Gasteiger partial charge in [0.05, 0.1) is 6.04 Å². The van der Waals surface area contributed by atoms with E-state index in [4.69, 9.17) is 11.6 Å². The summed E-state index contributed by atoms with van der Waals surface area (Å²) < 4.78 is 14.2. The van der Waals surface area contributed by atoms with E-state index in [1.807, 2.05) is 18.2 Å². The molecule has 102 valence electrons. The van der Waals surface area contributed by atoms with Gasteiger partial charge in [-0.05, 0) is 17.7 Å². The monoisotopic (exact) mass is 356 g/mol. The van der Waals surface area contributed by atoms with Gasteiger partial charge in [0.1, 0.15) is 6.67 Å². The third-order valence-electron chi connectivity index (χ3n) is 3.06. The third kappa shape index (κ3) is 3.81. The zero-order valence-electron chi connectivity index (χ0n) is 9.83. The number of hydrogen-bond acceptors (Lipinski definition) is 2. The van der Waals surface area contributed by atoms with Gasteiger partial charge in [-0.2, -0.15) is 0 Å². The summed E-state index contributed by atoms with van der Waals surface area (Å²) in [5, 5.41) is 3.94. The van der Waals surface area contributed by atoms with Crippen LogP contribution in [0.4, 0.5) is 4.39 Å². The highest BCUT2D eigenvalue weighted by molar-refractivity contribution is 9.10. The van der Waals surface area contributed by atoms with E-state index in [-0.39, 0.29) is 25.1 Å². The average molecular weight is 358 g/mol. The molecule has 0 bridgehead atoms. The number of rotatable bonds is 3. The van der Waals surface area contributed by atoms with Gasteiger partial charge >= 0.3 is 0 Å². The molecule has 0 saturated carbocycles. The summed E-state index contributed by atoms with van der Waals surface area (Å²) in [5.41, 5.74) is 0.971. The standard InChI is InChI=1S/C12H15BrClFN2.ClH/c13-11-7-9(14)1-2-10(11)12(8-15)17-5-3-16-4-6-17;/h1-2,7,12,16H,3-6,8H2;1H/t12-;/m1./s1. The Labute approximate surface area is 126 Å². The van der Waals surface area contributed by atoms with Crippen LogP contribution in [-0.2, 0) is 0 Å². The van der Waals surface area contributed by atoms with Gasteiger partial charge in [-0.3, -0.25) is 4.90 Å². The van der Waals surface area contributed by atoms with Crippen molar-refractivity contribution in [2.75, 3.05) is 32.9 Å². The second kappa shape index (κ2) is 7.65. The molecule has 0 amide bonds. The first kappa shape index (κ1) is 16.2. The molecule has 0 aromatic heterocycles. The van der Waals surface area contributed by atoms with E-state index in [1.165, 1.54) is 0 Å². The highest BCUT2D eigenvalue weighted by Gasteiger charge is 2.23. The predicted octanol–water partition coefficient (Wildman–Crippen LogP) is 3.44. The molecule has 1 atom stereocenters. The number of halogens is 4. The Morgan fingerprint density at radius 2 is 2.06 bits per heavy atom. The van der Waals surface area contributed by atoms with Crippen LogP contribution in [0.2, 0.25) is 5.02 Å². The number of alkyl halides is 1. The molecule has 1 fully saturated rings. The lowest BCUT2D eigenvalue weighted by Crippen LogP contribution is -2.45. The minimum atomic E-state index is -0.375. The van der Waals surface area contributed by atoms with Crippen LogP contribution < -0.4 is 5.32 Å². The van der Waals surface area contributed by atoms with Crippen LogP contribution in [0.3, 0.4) is 0 Å². The molecule has 1 aromatic carbocycles. The Bertz CT molecular complexity index is 386. The minimum absolute atomic E-state index is 0. The molecule has 2 nitrogen and oxygen atoms in total. The van der Waals surface area contributed by atoms with Crippen LogP contribution in [0, 0.1) is 0 Å². The van der Waals surface area contributed by atoms with Crippen molar-refractivity contribution in [1.82, 2.24) is 10.2 Å². The van der Waals surface area contributed by atoms with E-state index in [1.54, 1.807) is 0 Å². The number of nitrogens with zero attached hydrogens (tertiary/aromatic N) is 1. The van der Waals surface area contributed by atoms with Crippen LogP contribution in [-0.4, -0.2) is 37.8 Å². The van der Waals surface area contributed by atoms with Crippen molar-refractivity contribution in [3.63, 3.8) is 0 Å². The molecular formula is C12H16BrCl2FN2. The van der Waals surface area contributed by atoms with E-state index in [0.717, 1.165) is 36.2 Å². The van der Waals surface area contributed by atoms with Crippen LogP contribution in [0.1, 0.15) is 11.6 Å². The number of piperazine rings is 1. The average Bonchev–Trinajstić information content (AvgIpc) is 2.34. The molecule has 0 unspecified atom stereocenters. The summed E-state index contributed by atoms with van der Waals surface area (Å²) in [6.07, 6.45) is 0. The maximum absolute atomic E-state index is 13.3. The van der Waals surface area contributed by atoms with Gasteiger partial charge in [0.15, 0.2) is 0 Å². The summed E-state index contributed by atoms with van der Waals surface area (Å²) in [5.74, 6) is 0. The van der Waals surface area contributed by atoms with Gasteiger partial charge in [-0.1, -0.05) is 33.6 Å². The van der Waals surface area contributed by atoms with E-state index in [9.17, 15) is 4.39 Å². The normalized spacial score (nSPS) is 18.2. The van der Waals surface area contributed by atoms with Gasteiger partial charge < -0.3 is 5.32 Å². The number of benzene rings is 1. The molecule has 18 heavy (non-hydrogen) atoms. The maximum atomic E-state index is 13.3. The Morgan fingerprint density at radius 3 is 2.61 bits per heavy atom. The van der Waals surface area contributed by atoms with Gasteiger partial charge in [0.2, 0.25) is 0 Å². The van der Waals surface area contributed by atoms with Crippen molar-refractivity contribution >= 4 is 39.9 Å². The quantitative estimate of drug-likeness (QED) is 0.891. The summed E-state index contributed by atoms with van der Waals surface area (Å²) in [6.45, 7) is 3.22. The molecule has 6 heteroatoms. The van der Waals surface area contributed by atoms with Crippen molar-refractivity contribution in [3.8, 4) is 0 Å². The van der Waals surface area contributed by atoms with Crippen LogP contribution in [0.25, 0.3) is 0 Å². The van der Waals surface area contributed by atoms with E-state index < -0.39 is 0 Å². The zero-order valence-corrected chi connectivity index (χ0v) is 13.0. The van der Waals surface area contributed by atoms with Gasteiger partial charge in [-0.25, -0.2) is 4.39 Å². The summed E-state index contributed by atoms with van der Waals surface area (Å²) in [7, 11) is 0. The molecule has 1 heterocycles. The van der Waals surface area contributed by atoms with Crippen molar-refractivity contribution in [2.45, 2.75) is 6.04 Å². The summed E-state index contributed by atoms with van der Waals surface area (Å²) >= 11 is 9.37. The second-order valence-corrected chi connectivity index (χ2v) is 5.41. The highest BCUT2D eigenvalue weighted by Crippen LogP contribution is 2.30. The lowest BCUT2D eigenvalue weighted by molar-refractivity contribution is 0.147. The fourth-order valence-corrected chi connectivity index (χ4v) is 3.09. The molecule has 0 aliphatic carbocycles. The molecule has 0 spiro atoms. The van der Waals surface area contributed by atoms with E-state index in [0.29, 0.717) is 5.02 Å². The van der Waals surface area contributed by atoms with Crippen LogP contribution in [0.5, 0.6) is 0 Å². The number of hydrogen-bond donors (Lipinski definition) is 1. The Hall–Kier alpha value is 0.130. The molecular weight excluding hydrogens is 342 g/mol. The first-order valence-corrected chi connectivity index (χ1v) is 6.85. The molecule has 0 radical (unpaired) electrons. The fourth-order valence-electron chi connectivity index (χ4n) is 2.14. The second-order valence-electron chi connectivity index (χ2n) is 4.12. The topological polar surface area (TPSA) is 15.3 Å². The van der Waals surface area contributed by atoms with Crippen molar-refractivity contribution in [2.24, 2.45) is 0 Å². The SMILES string of the molecule is Cl.FC[C@H](c1ccc(Cl)cc1Br)N1CCNCC1. The summed E-state index contributed by atoms with van der Waals surface area (Å²) in [4.78, 5) is 2.17. The fraction of sp³-hybridized carbons (Fsp3) is 0.500. The number of nitrogens with one attached hydrogen (secondary N) is 1. The van der Waals surface area contributed by atoms with E-state index in [2.05, 4.69) is 26.1 Å². The van der Waals surface area contributed by atoms with Crippen molar-refractivity contribution < 1.29 is 4.39 Å². The Morgan fingerprint density at radius 1 is 1.39 bits per heavy atom. The molecule has 1 aromatic rings. The van der Waals surface area contributed by atoms with Crippen molar-refractivity contribution in [1.29, 1.82) is 0 Å². The first-order valence-electron chi connectivity index (χ1n) is 5.68. The molecule has 1 N–H and O–H groups in total. The summed E-state index contributed by atoms with van der Waals surface area (Å²) in [6, 6.07) is 5.36. The maximum Gasteiger partial charge on any atom is 0.109 e. The lowest BCUT2D eigenvalue weighted by Gasteiger charge is -2.34. The van der Waals surface area contributed by atoms with Crippen LogP contribution >= 0.6 is 39.9 Å². The molecule has 2 rings (SSSR count). The van der Waals surface area contributed by atoms with Gasteiger partial charge in [0, 0.05) is 35.7 Å². The molecule has 1 saturated heterocycles. The largest absolute Gasteiger partial charge is 0.314 e. The van der Waals surface area contributed by atoms with Crippen molar-refractivity contribution in [3.05, 3.63) is 33.3 Å². The molecule has 1 aliphatic heterocycles. The third-order valence-corrected chi connectivity index (χ3v) is 3.98. The Balaban J connectivity index is 0.00000162. The zero-order chi connectivity index (χ0) is 12.3.